The molecule has 1 fully saturated rings. The Kier molecular flexibility index (Phi) is 16.3. The second-order valence-corrected chi connectivity index (χ2v) is 9.46. The van der Waals surface area contributed by atoms with Gasteiger partial charge in [0.25, 0.3) is 0 Å². The Morgan fingerprint density at radius 2 is 1.27 bits per heavy atom. The zero-order chi connectivity index (χ0) is 27.5. The molecule has 0 aromatic heterocycles. The van der Waals surface area contributed by atoms with Crippen LogP contribution in [0.5, 0.6) is 0 Å². The van der Waals surface area contributed by atoms with Crippen LogP contribution in [0.3, 0.4) is 0 Å². The molecule has 212 valence electrons. The second-order valence-electron chi connectivity index (χ2n) is 9.46. The van der Waals surface area contributed by atoms with Gasteiger partial charge in [-0.3, -0.25) is 24.0 Å². The van der Waals surface area contributed by atoms with Crippen LogP contribution in [0.25, 0.3) is 0 Å². The van der Waals surface area contributed by atoms with Crippen LogP contribution in [-0.4, -0.2) is 48.5 Å². The van der Waals surface area contributed by atoms with Crippen molar-refractivity contribution in [3.05, 3.63) is 0 Å². The number of rotatable bonds is 17. The van der Waals surface area contributed by atoms with Gasteiger partial charge in [0.15, 0.2) is 6.61 Å². The van der Waals surface area contributed by atoms with Gasteiger partial charge in [-0.25, -0.2) is 0 Å². The molecular formula is C27H44O10. The SMILES string of the molecule is CCCCCCCCCCCCCCCC(=O)OC1(OC(C)=O)COC(=O)CCC(=O)OC1OC(C)=O. The molecule has 0 spiro atoms. The van der Waals surface area contributed by atoms with E-state index in [2.05, 4.69) is 6.92 Å². The van der Waals surface area contributed by atoms with Gasteiger partial charge in [-0.1, -0.05) is 84.0 Å². The average Bonchev–Trinajstić information content (AvgIpc) is 2.87. The van der Waals surface area contributed by atoms with Crippen LogP contribution in [0.15, 0.2) is 0 Å². The summed E-state index contributed by atoms with van der Waals surface area (Å²) in [4.78, 5) is 60.1. The molecule has 1 rings (SSSR count). The molecule has 0 radical (unpaired) electrons. The minimum Gasteiger partial charge on any atom is -0.457 e. The molecule has 0 saturated carbocycles. The summed E-state index contributed by atoms with van der Waals surface area (Å²) in [5.41, 5.74) is 0. The van der Waals surface area contributed by atoms with E-state index in [0.29, 0.717) is 6.42 Å². The van der Waals surface area contributed by atoms with E-state index in [9.17, 15) is 24.0 Å². The van der Waals surface area contributed by atoms with Gasteiger partial charge < -0.3 is 23.7 Å². The molecular weight excluding hydrogens is 484 g/mol. The highest BCUT2D eigenvalue weighted by Gasteiger charge is 2.53. The number of hydrogen-bond acceptors (Lipinski definition) is 10. The summed E-state index contributed by atoms with van der Waals surface area (Å²) >= 11 is 0. The van der Waals surface area contributed by atoms with Crippen LogP contribution < -0.4 is 0 Å². The van der Waals surface area contributed by atoms with E-state index in [4.69, 9.17) is 23.7 Å². The van der Waals surface area contributed by atoms with E-state index in [-0.39, 0.29) is 19.3 Å². The quantitative estimate of drug-likeness (QED) is 0.109. The van der Waals surface area contributed by atoms with Gasteiger partial charge >= 0.3 is 41.9 Å². The Morgan fingerprint density at radius 3 is 1.78 bits per heavy atom. The lowest BCUT2D eigenvalue weighted by Gasteiger charge is -2.35. The van der Waals surface area contributed by atoms with Crippen LogP contribution in [0.4, 0.5) is 0 Å². The van der Waals surface area contributed by atoms with Gasteiger partial charge in [-0.2, -0.15) is 0 Å². The minimum absolute atomic E-state index is 0.00450. The summed E-state index contributed by atoms with van der Waals surface area (Å²) in [6, 6.07) is 0. The predicted octanol–water partition coefficient (Wildman–Crippen LogP) is 5.04. The van der Waals surface area contributed by atoms with Crippen molar-refractivity contribution in [1.82, 2.24) is 0 Å². The first-order chi connectivity index (χ1) is 17.7. The van der Waals surface area contributed by atoms with E-state index < -0.39 is 48.5 Å². The largest absolute Gasteiger partial charge is 0.457 e. The van der Waals surface area contributed by atoms with E-state index in [1.54, 1.807) is 0 Å². The molecule has 10 nitrogen and oxygen atoms in total. The molecule has 0 aliphatic carbocycles. The van der Waals surface area contributed by atoms with Gasteiger partial charge in [0.05, 0.1) is 12.8 Å². The Labute approximate surface area is 220 Å². The normalized spacial score (nSPS) is 20.0. The topological polar surface area (TPSA) is 132 Å². The van der Waals surface area contributed by atoms with E-state index >= 15 is 0 Å². The number of carbonyl (C=O) groups is 5. The highest BCUT2D eigenvalue weighted by atomic mass is 16.8. The molecule has 1 saturated heterocycles. The molecule has 10 heteroatoms. The maximum Gasteiger partial charge on any atom is 0.366 e. The lowest BCUT2D eigenvalue weighted by Crippen LogP contribution is -2.56. The maximum absolute atomic E-state index is 12.6. The van der Waals surface area contributed by atoms with Crippen molar-refractivity contribution in [3.8, 4) is 0 Å². The summed E-state index contributed by atoms with van der Waals surface area (Å²) in [6.45, 7) is 3.50. The van der Waals surface area contributed by atoms with Crippen LogP contribution in [0.2, 0.25) is 0 Å². The smallest absolute Gasteiger partial charge is 0.366 e. The van der Waals surface area contributed by atoms with Crippen molar-refractivity contribution in [2.75, 3.05) is 6.61 Å². The Balaban J connectivity index is 2.54. The number of ether oxygens (including phenoxy) is 5. The van der Waals surface area contributed by atoms with Gasteiger partial charge in [-0.05, 0) is 6.42 Å². The third-order valence-electron chi connectivity index (χ3n) is 5.93. The Hall–Kier alpha value is -2.65. The van der Waals surface area contributed by atoms with Gasteiger partial charge in [-0.15, -0.1) is 0 Å². The van der Waals surface area contributed by atoms with Crippen LogP contribution in [0.1, 0.15) is 124 Å². The van der Waals surface area contributed by atoms with Crippen LogP contribution in [0, 0.1) is 0 Å². The van der Waals surface area contributed by atoms with Crippen LogP contribution in [-0.2, 0) is 47.7 Å². The lowest BCUT2D eigenvalue weighted by atomic mass is 10.0. The number of hydrogen-bond donors (Lipinski definition) is 0. The molecule has 0 aromatic carbocycles. The summed E-state index contributed by atoms with van der Waals surface area (Å²) in [5.74, 6) is -6.71. The Bertz CT molecular complexity index is 735. The third kappa shape index (κ3) is 14.6. The first-order valence-corrected chi connectivity index (χ1v) is 13.6. The monoisotopic (exact) mass is 528 g/mol. The van der Waals surface area contributed by atoms with Crippen molar-refractivity contribution < 1.29 is 47.7 Å². The van der Waals surface area contributed by atoms with Crippen molar-refractivity contribution in [3.63, 3.8) is 0 Å². The van der Waals surface area contributed by atoms with Crippen molar-refractivity contribution in [2.45, 2.75) is 136 Å². The second kappa shape index (κ2) is 18.6. The van der Waals surface area contributed by atoms with Crippen molar-refractivity contribution in [2.24, 2.45) is 0 Å². The molecule has 0 N–H and O–H groups in total. The van der Waals surface area contributed by atoms with Gasteiger partial charge in [0.2, 0.25) is 0 Å². The zero-order valence-corrected chi connectivity index (χ0v) is 22.7. The molecule has 1 heterocycles. The molecule has 2 atom stereocenters. The van der Waals surface area contributed by atoms with Gasteiger partial charge in [0, 0.05) is 20.3 Å². The maximum atomic E-state index is 12.6. The van der Waals surface area contributed by atoms with Crippen LogP contribution >= 0.6 is 0 Å². The first-order valence-electron chi connectivity index (χ1n) is 13.6. The van der Waals surface area contributed by atoms with Gasteiger partial charge in [0.1, 0.15) is 0 Å². The number of cyclic esters (lactones) is 2. The number of unbranched alkanes of at least 4 members (excludes halogenated alkanes) is 12. The van der Waals surface area contributed by atoms with Crippen molar-refractivity contribution >= 4 is 29.8 Å². The number of carbonyl (C=O) groups excluding carboxylic acids is 5. The predicted molar refractivity (Wildman–Crippen MR) is 133 cm³/mol. The molecule has 0 amide bonds. The summed E-state index contributed by atoms with van der Waals surface area (Å²) in [5, 5.41) is 0. The molecule has 37 heavy (non-hydrogen) atoms. The average molecular weight is 529 g/mol. The fraction of sp³-hybridized carbons (Fsp3) is 0.815. The fourth-order valence-electron chi connectivity index (χ4n) is 4.01. The molecule has 2 unspecified atom stereocenters. The fourth-order valence-corrected chi connectivity index (χ4v) is 4.01. The third-order valence-corrected chi connectivity index (χ3v) is 5.93. The zero-order valence-electron chi connectivity index (χ0n) is 22.7. The lowest BCUT2D eigenvalue weighted by molar-refractivity contribution is -0.320. The summed E-state index contributed by atoms with van der Waals surface area (Å²) in [6.07, 6.45) is 12.3. The van der Waals surface area contributed by atoms with Crippen molar-refractivity contribution in [1.29, 1.82) is 0 Å². The minimum atomic E-state index is -2.44. The standard InChI is InChI=1S/C27H44O10/c1-4-5-6-7-8-9-10-11-12-13-14-15-16-17-25(32)37-27(36-22(3)29)20-33-23(30)18-19-24(31)35-26(27)34-21(2)28/h26H,4-20H2,1-3H3. The summed E-state index contributed by atoms with van der Waals surface area (Å²) < 4.78 is 25.7. The molecule has 1 aliphatic rings. The van der Waals surface area contributed by atoms with E-state index in [1.807, 2.05) is 0 Å². The first kappa shape index (κ1) is 32.4. The van der Waals surface area contributed by atoms with E-state index in [1.165, 1.54) is 51.4 Å². The summed E-state index contributed by atoms with van der Waals surface area (Å²) in [7, 11) is 0. The molecule has 0 bridgehead atoms. The molecule has 1 aliphatic heterocycles. The molecule has 0 aromatic rings. The Morgan fingerprint density at radius 1 is 0.757 bits per heavy atom. The highest BCUT2D eigenvalue weighted by Crippen LogP contribution is 2.27. The highest BCUT2D eigenvalue weighted by molar-refractivity contribution is 5.78. The number of esters is 5. The van der Waals surface area contributed by atoms with E-state index in [0.717, 1.165) is 39.5 Å².